The van der Waals surface area contributed by atoms with Crippen LogP contribution < -0.4 is 10.2 Å². The SMILES string of the molecule is CCNc1nc(C)c2c(n1)N(C(C)C)CC(c1cccs1)=C2. The van der Waals surface area contributed by atoms with Crippen molar-refractivity contribution in [2.45, 2.75) is 33.7 Å². The van der Waals surface area contributed by atoms with E-state index in [1.165, 1.54) is 10.5 Å². The maximum atomic E-state index is 4.74. The molecule has 1 aliphatic rings. The minimum Gasteiger partial charge on any atom is -0.354 e. The predicted molar refractivity (Wildman–Crippen MR) is 95.6 cm³/mol. The minimum absolute atomic E-state index is 0.395. The summed E-state index contributed by atoms with van der Waals surface area (Å²) in [5.41, 5.74) is 3.52. The molecule has 0 fully saturated rings. The largest absolute Gasteiger partial charge is 0.354 e. The number of anilines is 2. The third-order valence-electron chi connectivity index (χ3n) is 3.84. The summed E-state index contributed by atoms with van der Waals surface area (Å²) in [5, 5.41) is 5.36. The molecule has 0 aromatic carbocycles. The maximum absolute atomic E-state index is 4.74. The van der Waals surface area contributed by atoms with Gasteiger partial charge in [0.1, 0.15) is 5.82 Å². The van der Waals surface area contributed by atoms with Crippen LogP contribution in [0.1, 0.15) is 36.9 Å². The van der Waals surface area contributed by atoms with Gasteiger partial charge in [-0.25, -0.2) is 4.98 Å². The van der Waals surface area contributed by atoms with Gasteiger partial charge in [0.25, 0.3) is 0 Å². The molecule has 22 heavy (non-hydrogen) atoms. The normalized spacial score (nSPS) is 14.0. The van der Waals surface area contributed by atoms with Crippen LogP contribution in [0.4, 0.5) is 11.8 Å². The minimum atomic E-state index is 0.395. The van der Waals surface area contributed by atoms with Crippen molar-refractivity contribution >= 4 is 34.8 Å². The van der Waals surface area contributed by atoms with Gasteiger partial charge >= 0.3 is 0 Å². The molecule has 0 aliphatic carbocycles. The van der Waals surface area contributed by atoms with E-state index in [1.54, 1.807) is 11.3 Å². The highest BCUT2D eigenvalue weighted by molar-refractivity contribution is 7.11. The van der Waals surface area contributed by atoms with E-state index in [4.69, 9.17) is 4.98 Å². The maximum Gasteiger partial charge on any atom is 0.224 e. The number of aromatic nitrogens is 2. The quantitative estimate of drug-likeness (QED) is 0.924. The molecule has 0 unspecified atom stereocenters. The summed E-state index contributed by atoms with van der Waals surface area (Å²) in [4.78, 5) is 13.0. The molecule has 0 bridgehead atoms. The second-order valence-corrected chi connectivity index (χ2v) is 6.72. The van der Waals surface area contributed by atoms with E-state index in [2.05, 4.69) is 66.5 Å². The summed E-state index contributed by atoms with van der Waals surface area (Å²) in [7, 11) is 0. The average molecular weight is 314 g/mol. The highest BCUT2D eigenvalue weighted by atomic mass is 32.1. The lowest BCUT2D eigenvalue weighted by atomic mass is 10.0. The Morgan fingerprint density at radius 3 is 2.82 bits per heavy atom. The first-order valence-corrected chi connectivity index (χ1v) is 8.61. The molecule has 4 nitrogen and oxygen atoms in total. The zero-order valence-corrected chi connectivity index (χ0v) is 14.4. The molecule has 0 saturated carbocycles. The Hall–Kier alpha value is -1.88. The fourth-order valence-corrected chi connectivity index (χ4v) is 3.44. The number of hydrogen-bond acceptors (Lipinski definition) is 5. The first-order chi connectivity index (χ1) is 10.6. The van der Waals surface area contributed by atoms with E-state index in [0.29, 0.717) is 6.04 Å². The molecule has 0 spiro atoms. The first-order valence-electron chi connectivity index (χ1n) is 7.73. The number of fused-ring (bicyclic) bond motifs is 1. The summed E-state index contributed by atoms with van der Waals surface area (Å²) in [5.74, 6) is 1.76. The molecule has 3 heterocycles. The molecule has 1 N–H and O–H groups in total. The van der Waals surface area contributed by atoms with E-state index in [-0.39, 0.29) is 0 Å². The molecule has 3 rings (SSSR count). The van der Waals surface area contributed by atoms with Gasteiger partial charge in [-0.15, -0.1) is 11.3 Å². The molecule has 116 valence electrons. The van der Waals surface area contributed by atoms with Gasteiger partial charge in [0.05, 0.1) is 5.69 Å². The van der Waals surface area contributed by atoms with Gasteiger partial charge in [0.15, 0.2) is 0 Å². The van der Waals surface area contributed by atoms with E-state index in [9.17, 15) is 0 Å². The zero-order valence-electron chi connectivity index (χ0n) is 13.6. The van der Waals surface area contributed by atoms with Crippen molar-refractivity contribution in [2.75, 3.05) is 23.3 Å². The van der Waals surface area contributed by atoms with Gasteiger partial charge in [-0.05, 0) is 50.8 Å². The smallest absolute Gasteiger partial charge is 0.224 e. The monoisotopic (exact) mass is 314 g/mol. The van der Waals surface area contributed by atoms with E-state index in [1.807, 2.05) is 0 Å². The molecule has 0 atom stereocenters. The van der Waals surface area contributed by atoms with Crippen molar-refractivity contribution in [2.24, 2.45) is 0 Å². The van der Waals surface area contributed by atoms with Gasteiger partial charge in [0.2, 0.25) is 5.95 Å². The number of aryl methyl sites for hydroxylation is 1. The first kappa shape index (κ1) is 15.0. The second-order valence-electron chi connectivity index (χ2n) is 5.77. The van der Waals surface area contributed by atoms with Crippen LogP contribution in [0.25, 0.3) is 11.6 Å². The van der Waals surface area contributed by atoms with E-state index >= 15 is 0 Å². The standard InChI is InChI=1S/C17H22N4S/c1-5-18-17-19-12(4)14-9-13(15-7-6-8-22-15)10-21(11(2)3)16(14)20-17/h6-9,11H,5,10H2,1-4H3,(H,18,19,20). The number of thiophene rings is 1. The van der Waals surface area contributed by atoms with Crippen molar-refractivity contribution in [1.82, 2.24) is 9.97 Å². The van der Waals surface area contributed by atoms with Crippen LogP contribution >= 0.6 is 11.3 Å². The Bertz CT molecular complexity index is 689. The lowest BCUT2D eigenvalue weighted by molar-refractivity contribution is 0.711. The van der Waals surface area contributed by atoms with Gasteiger partial charge in [-0.2, -0.15) is 4.98 Å². The molecule has 2 aromatic heterocycles. The van der Waals surface area contributed by atoms with Crippen LogP contribution in [0.3, 0.4) is 0 Å². The molecular formula is C17H22N4S. The van der Waals surface area contributed by atoms with E-state index in [0.717, 1.165) is 36.1 Å². The molecule has 0 radical (unpaired) electrons. The molecule has 0 saturated heterocycles. The Labute approximate surface area is 135 Å². The lowest BCUT2D eigenvalue weighted by Crippen LogP contribution is -2.36. The Morgan fingerprint density at radius 2 is 2.18 bits per heavy atom. The second kappa shape index (κ2) is 6.08. The number of hydrogen-bond donors (Lipinski definition) is 1. The predicted octanol–water partition coefficient (Wildman–Crippen LogP) is 4.05. The summed E-state index contributed by atoms with van der Waals surface area (Å²) in [6, 6.07) is 4.68. The van der Waals surface area contributed by atoms with Crippen molar-refractivity contribution in [3.8, 4) is 0 Å². The van der Waals surface area contributed by atoms with Crippen molar-refractivity contribution < 1.29 is 0 Å². The number of rotatable bonds is 4. The fourth-order valence-electron chi connectivity index (χ4n) is 2.71. The van der Waals surface area contributed by atoms with Gasteiger partial charge in [0, 0.05) is 29.6 Å². The summed E-state index contributed by atoms with van der Waals surface area (Å²) in [6.45, 7) is 10.3. The molecule has 1 aliphatic heterocycles. The molecule has 5 heteroatoms. The molecule has 0 amide bonds. The summed E-state index contributed by atoms with van der Waals surface area (Å²) < 4.78 is 0. The van der Waals surface area contributed by atoms with Crippen LogP contribution in [0.2, 0.25) is 0 Å². The number of nitrogens with zero attached hydrogens (tertiary/aromatic N) is 3. The molecular weight excluding hydrogens is 292 g/mol. The van der Waals surface area contributed by atoms with Crippen molar-refractivity contribution in [1.29, 1.82) is 0 Å². The van der Waals surface area contributed by atoms with Gasteiger partial charge in [-0.3, -0.25) is 0 Å². The zero-order chi connectivity index (χ0) is 15.7. The fraction of sp³-hybridized carbons (Fsp3) is 0.412. The Morgan fingerprint density at radius 1 is 1.36 bits per heavy atom. The third-order valence-corrected chi connectivity index (χ3v) is 4.79. The van der Waals surface area contributed by atoms with Crippen molar-refractivity contribution in [3.63, 3.8) is 0 Å². The Balaban J connectivity index is 2.12. The summed E-state index contributed by atoms with van der Waals surface area (Å²) in [6.07, 6.45) is 2.26. The van der Waals surface area contributed by atoms with Crippen molar-refractivity contribution in [3.05, 3.63) is 33.6 Å². The van der Waals surface area contributed by atoms with E-state index < -0.39 is 0 Å². The average Bonchev–Trinajstić information content (AvgIpc) is 3.01. The lowest BCUT2D eigenvalue weighted by Gasteiger charge is -2.34. The highest BCUT2D eigenvalue weighted by Crippen LogP contribution is 2.35. The van der Waals surface area contributed by atoms with Crippen LogP contribution in [0.15, 0.2) is 17.5 Å². The number of nitrogens with one attached hydrogen (secondary N) is 1. The molecule has 2 aromatic rings. The summed E-state index contributed by atoms with van der Waals surface area (Å²) >= 11 is 1.79. The van der Waals surface area contributed by atoms with Gasteiger partial charge in [-0.1, -0.05) is 6.07 Å². The third kappa shape index (κ3) is 2.73. The van der Waals surface area contributed by atoms with Crippen LogP contribution in [0.5, 0.6) is 0 Å². The van der Waals surface area contributed by atoms with Crippen LogP contribution in [-0.2, 0) is 0 Å². The van der Waals surface area contributed by atoms with Gasteiger partial charge < -0.3 is 10.2 Å². The highest BCUT2D eigenvalue weighted by Gasteiger charge is 2.25. The van der Waals surface area contributed by atoms with Crippen LogP contribution in [0, 0.1) is 6.92 Å². The van der Waals surface area contributed by atoms with Crippen LogP contribution in [-0.4, -0.2) is 29.1 Å². The topological polar surface area (TPSA) is 41.1 Å². The Kier molecular flexibility index (Phi) is 4.16.